The molecule has 110 valence electrons. The summed E-state index contributed by atoms with van der Waals surface area (Å²) in [5, 5.41) is 0. The highest BCUT2D eigenvalue weighted by Gasteiger charge is 2.01. The molecule has 22 heavy (non-hydrogen) atoms. The van der Waals surface area contributed by atoms with Crippen LogP contribution in [0.15, 0.2) is 53.3 Å². The van der Waals surface area contributed by atoms with Crippen LogP contribution in [0.2, 0.25) is 0 Å². The summed E-state index contributed by atoms with van der Waals surface area (Å²) in [6.45, 7) is 0. The molecule has 3 aromatic rings. The van der Waals surface area contributed by atoms with E-state index in [1.54, 1.807) is 6.08 Å². The summed E-state index contributed by atoms with van der Waals surface area (Å²) in [7, 11) is 4.01. The molecule has 4 heteroatoms. The first-order chi connectivity index (χ1) is 10.6. The van der Waals surface area contributed by atoms with Crippen molar-refractivity contribution >= 4 is 28.9 Å². The van der Waals surface area contributed by atoms with Crippen LogP contribution in [0.25, 0.3) is 23.2 Å². The van der Waals surface area contributed by atoms with Crippen molar-refractivity contribution in [3.63, 3.8) is 0 Å². The maximum atomic E-state index is 12.0. The molecule has 1 heterocycles. The van der Waals surface area contributed by atoms with E-state index in [4.69, 9.17) is 0 Å². The molecule has 1 N–H and O–H groups in total. The van der Waals surface area contributed by atoms with Crippen LogP contribution in [-0.4, -0.2) is 24.1 Å². The van der Waals surface area contributed by atoms with Gasteiger partial charge in [-0.15, -0.1) is 0 Å². The smallest absolute Gasteiger partial charge is 0.274 e. The Morgan fingerprint density at radius 1 is 1.00 bits per heavy atom. The second-order valence-corrected chi connectivity index (χ2v) is 5.29. The van der Waals surface area contributed by atoms with Gasteiger partial charge in [0.2, 0.25) is 0 Å². The molecular weight excluding hydrogens is 274 g/mol. The first-order valence-corrected chi connectivity index (χ1v) is 7.08. The van der Waals surface area contributed by atoms with Gasteiger partial charge >= 0.3 is 0 Å². The highest BCUT2D eigenvalue weighted by atomic mass is 16.1. The van der Waals surface area contributed by atoms with E-state index in [-0.39, 0.29) is 5.56 Å². The van der Waals surface area contributed by atoms with E-state index in [9.17, 15) is 4.79 Å². The predicted octanol–water partition coefficient (Wildman–Crippen LogP) is 3.16. The highest BCUT2D eigenvalue weighted by molar-refractivity contribution is 5.76. The number of H-pyrrole nitrogens is 1. The lowest BCUT2D eigenvalue weighted by Crippen LogP contribution is -2.11. The van der Waals surface area contributed by atoms with Crippen LogP contribution < -0.4 is 10.5 Å². The Labute approximate surface area is 128 Å². The molecule has 4 nitrogen and oxygen atoms in total. The maximum Gasteiger partial charge on any atom is 0.274 e. The lowest BCUT2D eigenvalue weighted by molar-refractivity contribution is 1.13. The number of rotatable bonds is 3. The lowest BCUT2D eigenvalue weighted by atomic mass is 10.1. The highest BCUT2D eigenvalue weighted by Crippen LogP contribution is 2.14. The molecule has 3 rings (SSSR count). The van der Waals surface area contributed by atoms with Crippen molar-refractivity contribution in [1.29, 1.82) is 0 Å². The molecule has 0 amide bonds. The fraction of sp³-hybridized carbons (Fsp3) is 0.111. The molecule has 0 unspecified atom stereocenters. The number of fused-ring (bicyclic) bond motifs is 1. The van der Waals surface area contributed by atoms with Crippen molar-refractivity contribution in [3.8, 4) is 0 Å². The van der Waals surface area contributed by atoms with Gasteiger partial charge in [-0.2, -0.15) is 0 Å². The summed E-state index contributed by atoms with van der Waals surface area (Å²) >= 11 is 0. The maximum absolute atomic E-state index is 12.0. The van der Waals surface area contributed by atoms with Crippen molar-refractivity contribution in [1.82, 2.24) is 9.97 Å². The van der Waals surface area contributed by atoms with Crippen LogP contribution in [0, 0.1) is 0 Å². The van der Waals surface area contributed by atoms with Gasteiger partial charge in [0.25, 0.3) is 5.56 Å². The third-order valence-electron chi connectivity index (χ3n) is 3.47. The van der Waals surface area contributed by atoms with Crippen LogP contribution in [0.3, 0.4) is 0 Å². The first kappa shape index (κ1) is 14.1. The summed E-state index contributed by atoms with van der Waals surface area (Å²) in [5.74, 6) is 0. The van der Waals surface area contributed by atoms with E-state index >= 15 is 0 Å². The van der Waals surface area contributed by atoms with Gasteiger partial charge in [0, 0.05) is 19.8 Å². The van der Waals surface area contributed by atoms with Gasteiger partial charge in [-0.25, -0.2) is 4.98 Å². The Hall–Kier alpha value is -2.88. The Morgan fingerprint density at radius 2 is 1.73 bits per heavy atom. The normalized spacial score (nSPS) is 11.2. The van der Waals surface area contributed by atoms with E-state index in [0.29, 0.717) is 5.69 Å². The Bertz CT molecular complexity index is 877. The van der Waals surface area contributed by atoms with Crippen molar-refractivity contribution in [2.45, 2.75) is 0 Å². The molecule has 0 saturated carbocycles. The molecule has 0 fully saturated rings. The van der Waals surface area contributed by atoms with Gasteiger partial charge in [0.1, 0.15) is 5.69 Å². The van der Waals surface area contributed by atoms with Crippen LogP contribution in [0.5, 0.6) is 0 Å². The van der Waals surface area contributed by atoms with Gasteiger partial charge in [-0.1, -0.05) is 30.3 Å². The molecular formula is C18H17N3O. The van der Waals surface area contributed by atoms with E-state index in [0.717, 1.165) is 22.3 Å². The Balaban J connectivity index is 1.91. The average molecular weight is 291 g/mol. The summed E-state index contributed by atoms with van der Waals surface area (Å²) in [4.78, 5) is 21.3. The minimum absolute atomic E-state index is 0.181. The number of hydrogen-bond donors (Lipinski definition) is 1. The number of benzene rings is 2. The second-order valence-electron chi connectivity index (χ2n) is 5.29. The fourth-order valence-electron chi connectivity index (χ4n) is 2.22. The zero-order valence-electron chi connectivity index (χ0n) is 12.6. The molecule has 0 aliphatic carbocycles. The standard InChI is InChI=1S/C18H17N3O/c1-21(2)14-10-7-13(8-11-14)9-12-17-18(22)20-16-6-4-3-5-15(16)19-17/h3-12H,1-2H3,(H,20,22). The molecule has 0 atom stereocenters. The predicted molar refractivity (Wildman–Crippen MR) is 92.1 cm³/mol. The van der Waals surface area contributed by atoms with Crippen molar-refractivity contribution in [2.24, 2.45) is 0 Å². The van der Waals surface area contributed by atoms with E-state index in [1.807, 2.05) is 73.6 Å². The number of hydrogen-bond acceptors (Lipinski definition) is 3. The third-order valence-corrected chi connectivity index (χ3v) is 3.47. The van der Waals surface area contributed by atoms with E-state index < -0.39 is 0 Å². The number of aromatic amines is 1. The second kappa shape index (κ2) is 5.85. The summed E-state index contributed by atoms with van der Waals surface area (Å²) in [5.41, 5.74) is 3.93. The van der Waals surface area contributed by atoms with Gasteiger partial charge in [0.15, 0.2) is 0 Å². The monoisotopic (exact) mass is 291 g/mol. The van der Waals surface area contributed by atoms with Gasteiger partial charge in [-0.3, -0.25) is 4.79 Å². The van der Waals surface area contributed by atoms with Crippen molar-refractivity contribution < 1.29 is 0 Å². The minimum atomic E-state index is -0.181. The summed E-state index contributed by atoms with van der Waals surface area (Å²) < 4.78 is 0. The number of anilines is 1. The molecule has 0 aliphatic rings. The third kappa shape index (κ3) is 2.91. The van der Waals surface area contributed by atoms with E-state index in [2.05, 4.69) is 9.97 Å². The quantitative estimate of drug-likeness (QED) is 0.806. The van der Waals surface area contributed by atoms with Crippen LogP contribution in [0.1, 0.15) is 11.3 Å². The van der Waals surface area contributed by atoms with Gasteiger partial charge < -0.3 is 9.88 Å². The van der Waals surface area contributed by atoms with Gasteiger partial charge in [0.05, 0.1) is 11.0 Å². The zero-order chi connectivity index (χ0) is 15.5. The van der Waals surface area contributed by atoms with Crippen LogP contribution in [-0.2, 0) is 0 Å². The topological polar surface area (TPSA) is 49.0 Å². The van der Waals surface area contributed by atoms with Crippen molar-refractivity contribution in [3.05, 3.63) is 70.1 Å². The largest absolute Gasteiger partial charge is 0.378 e. The molecule has 0 aliphatic heterocycles. The first-order valence-electron chi connectivity index (χ1n) is 7.08. The average Bonchev–Trinajstić information content (AvgIpc) is 2.53. The minimum Gasteiger partial charge on any atom is -0.378 e. The number of aromatic nitrogens is 2. The Morgan fingerprint density at radius 3 is 2.45 bits per heavy atom. The fourth-order valence-corrected chi connectivity index (χ4v) is 2.22. The lowest BCUT2D eigenvalue weighted by Gasteiger charge is -2.11. The molecule has 0 spiro atoms. The van der Waals surface area contributed by atoms with Crippen LogP contribution in [0.4, 0.5) is 5.69 Å². The molecule has 1 aromatic heterocycles. The van der Waals surface area contributed by atoms with E-state index in [1.165, 1.54) is 0 Å². The number of nitrogens with one attached hydrogen (secondary N) is 1. The SMILES string of the molecule is CN(C)c1ccc(C=Cc2nc3ccccc3[nH]c2=O)cc1. The summed E-state index contributed by atoms with van der Waals surface area (Å²) in [6.07, 6.45) is 3.64. The van der Waals surface area contributed by atoms with Gasteiger partial charge in [-0.05, 0) is 35.9 Å². The molecule has 0 bridgehead atoms. The number of nitrogens with zero attached hydrogens (tertiary/aromatic N) is 2. The van der Waals surface area contributed by atoms with Crippen molar-refractivity contribution in [2.75, 3.05) is 19.0 Å². The molecule has 2 aromatic carbocycles. The molecule has 0 radical (unpaired) electrons. The van der Waals surface area contributed by atoms with Crippen LogP contribution >= 0.6 is 0 Å². The zero-order valence-corrected chi connectivity index (χ0v) is 12.6. The Kier molecular flexibility index (Phi) is 3.74. The molecule has 0 saturated heterocycles. The summed E-state index contributed by atoms with van der Waals surface area (Å²) in [6, 6.07) is 15.6. The number of para-hydroxylation sites is 2.